The van der Waals surface area contributed by atoms with Crippen LogP contribution in [0.25, 0.3) is 0 Å². The quantitative estimate of drug-likeness (QED) is 0.453. The van der Waals surface area contributed by atoms with Crippen molar-refractivity contribution in [2.75, 3.05) is 5.32 Å². The average Bonchev–Trinajstić information content (AvgIpc) is 2.98. The fourth-order valence-electron chi connectivity index (χ4n) is 4.38. The van der Waals surface area contributed by atoms with Gasteiger partial charge >= 0.3 is 0 Å². The van der Waals surface area contributed by atoms with Gasteiger partial charge in [-0.05, 0) is 41.8 Å². The maximum atomic E-state index is 14.0. The third-order valence-electron chi connectivity index (χ3n) is 6.13. The lowest BCUT2D eigenvalue weighted by molar-refractivity contribution is -0.151. The first-order chi connectivity index (χ1) is 17.3. The van der Waals surface area contributed by atoms with E-state index in [1.165, 1.54) is 4.90 Å². The highest BCUT2D eigenvalue weighted by Crippen LogP contribution is 2.39. The molecule has 36 heavy (non-hydrogen) atoms. The minimum absolute atomic E-state index is 0.158. The highest BCUT2D eigenvalue weighted by atomic mass is 79.9. The molecule has 4 rings (SSSR count). The molecule has 8 heteroatoms. The summed E-state index contributed by atoms with van der Waals surface area (Å²) in [5.41, 5.74) is 7.75. The van der Waals surface area contributed by atoms with Crippen LogP contribution in [0.1, 0.15) is 31.0 Å². The van der Waals surface area contributed by atoms with E-state index in [2.05, 4.69) is 21.2 Å². The van der Waals surface area contributed by atoms with E-state index < -0.39 is 35.9 Å². The van der Waals surface area contributed by atoms with E-state index >= 15 is 0 Å². The van der Waals surface area contributed by atoms with E-state index in [1.807, 2.05) is 50.2 Å². The van der Waals surface area contributed by atoms with E-state index in [-0.39, 0.29) is 12.3 Å². The highest BCUT2D eigenvalue weighted by molar-refractivity contribution is 9.10. The van der Waals surface area contributed by atoms with E-state index in [4.69, 9.17) is 10.5 Å². The second kappa shape index (κ2) is 11.0. The first-order valence-electron chi connectivity index (χ1n) is 11.7. The molecule has 3 N–H and O–H groups in total. The normalized spacial score (nSPS) is 18.1. The molecule has 0 aromatic heterocycles. The summed E-state index contributed by atoms with van der Waals surface area (Å²) >= 11 is 3.48. The molecule has 0 saturated carbocycles. The molecule has 1 heterocycles. The van der Waals surface area contributed by atoms with Crippen LogP contribution < -0.4 is 15.8 Å². The van der Waals surface area contributed by atoms with E-state index in [0.29, 0.717) is 21.5 Å². The van der Waals surface area contributed by atoms with Crippen molar-refractivity contribution in [1.82, 2.24) is 4.90 Å². The number of nitrogens with one attached hydrogen (secondary N) is 1. The standard InChI is InChI=1S/C28H28BrN3O4/c1-17(2)25-28(35)32(22(26(30)33)15-18-9-5-3-6-10-18)24(21-16-19(29)13-14-23(21)36-25)27(34)31-20-11-7-4-8-12-20/h3-14,16-17,22,24-25H,15H2,1-2H3,(H2,30,33)(H,31,34). The van der Waals surface area contributed by atoms with Gasteiger partial charge in [-0.25, -0.2) is 0 Å². The Hall–Kier alpha value is -3.65. The Morgan fingerprint density at radius 1 is 1.03 bits per heavy atom. The molecule has 1 aliphatic rings. The third-order valence-corrected chi connectivity index (χ3v) is 6.62. The molecule has 3 aromatic rings. The van der Waals surface area contributed by atoms with Crippen molar-refractivity contribution in [2.24, 2.45) is 11.7 Å². The Morgan fingerprint density at radius 3 is 2.28 bits per heavy atom. The van der Waals surface area contributed by atoms with Crippen molar-refractivity contribution >= 4 is 39.3 Å². The van der Waals surface area contributed by atoms with Gasteiger partial charge in [0.1, 0.15) is 17.8 Å². The third kappa shape index (κ3) is 5.44. The lowest BCUT2D eigenvalue weighted by atomic mass is 9.96. The zero-order valence-corrected chi connectivity index (χ0v) is 21.6. The molecule has 3 aromatic carbocycles. The number of amides is 3. The maximum absolute atomic E-state index is 14.0. The van der Waals surface area contributed by atoms with Crippen molar-refractivity contribution in [3.05, 3.63) is 94.5 Å². The van der Waals surface area contributed by atoms with Gasteiger partial charge in [0.05, 0.1) is 0 Å². The van der Waals surface area contributed by atoms with Crippen LogP contribution in [-0.2, 0) is 20.8 Å². The molecule has 3 unspecified atom stereocenters. The summed E-state index contributed by atoms with van der Waals surface area (Å²) in [7, 11) is 0. The Kier molecular flexibility index (Phi) is 7.74. The number of hydrogen-bond donors (Lipinski definition) is 2. The van der Waals surface area contributed by atoms with Crippen LogP contribution in [0.2, 0.25) is 0 Å². The summed E-state index contributed by atoms with van der Waals surface area (Å²) in [6, 6.07) is 21.3. The largest absolute Gasteiger partial charge is 0.480 e. The van der Waals surface area contributed by atoms with Crippen molar-refractivity contribution in [3.8, 4) is 5.75 Å². The number of carbonyl (C=O) groups excluding carboxylic acids is 3. The van der Waals surface area contributed by atoms with Gasteiger partial charge in [-0.15, -0.1) is 0 Å². The van der Waals surface area contributed by atoms with Crippen LogP contribution in [0.3, 0.4) is 0 Å². The summed E-state index contributed by atoms with van der Waals surface area (Å²) in [5, 5.41) is 2.90. The molecule has 3 atom stereocenters. The molecule has 7 nitrogen and oxygen atoms in total. The number of ether oxygens (including phenoxy) is 1. The van der Waals surface area contributed by atoms with E-state index in [9.17, 15) is 14.4 Å². The monoisotopic (exact) mass is 549 g/mol. The Morgan fingerprint density at radius 2 is 1.67 bits per heavy atom. The number of nitrogens with zero attached hydrogens (tertiary/aromatic N) is 1. The fourth-order valence-corrected chi connectivity index (χ4v) is 4.76. The molecule has 0 fully saturated rings. The fraction of sp³-hybridized carbons (Fsp3) is 0.250. The van der Waals surface area contributed by atoms with Crippen molar-refractivity contribution < 1.29 is 19.1 Å². The van der Waals surface area contributed by atoms with Gasteiger partial charge in [0.2, 0.25) is 5.91 Å². The topological polar surface area (TPSA) is 102 Å². The Labute approximate surface area is 218 Å². The van der Waals surface area contributed by atoms with Gasteiger partial charge in [0.25, 0.3) is 11.8 Å². The van der Waals surface area contributed by atoms with Crippen LogP contribution in [0.15, 0.2) is 83.3 Å². The Balaban J connectivity index is 1.88. The molecule has 186 valence electrons. The minimum Gasteiger partial charge on any atom is -0.480 e. The van der Waals surface area contributed by atoms with Crippen LogP contribution in [-0.4, -0.2) is 34.8 Å². The first kappa shape index (κ1) is 25.4. The molecule has 3 amide bonds. The van der Waals surface area contributed by atoms with Gasteiger partial charge < -0.3 is 20.7 Å². The molecular weight excluding hydrogens is 522 g/mol. The summed E-state index contributed by atoms with van der Waals surface area (Å²) in [4.78, 5) is 42.1. The van der Waals surface area contributed by atoms with Crippen LogP contribution in [0.5, 0.6) is 5.75 Å². The van der Waals surface area contributed by atoms with Crippen molar-refractivity contribution in [2.45, 2.75) is 38.5 Å². The molecular formula is C28H28BrN3O4. The summed E-state index contributed by atoms with van der Waals surface area (Å²) in [5.74, 6) is -1.46. The molecule has 0 saturated heterocycles. The van der Waals surface area contributed by atoms with Gasteiger partial charge in [-0.3, -0.25) is 14.4 Å². The van der Waals surface area contributed by atoms with Gasteiger partial charge in [-0.2, -0.15) is 0 Å². The first-order valence-corrected chi connectivity index (χ1v) is 12.5. The predicted molar refractivity (Wildman–Crippen MR) is 141 cm³/mol. The Bertz CT molecular complexity index is 1250. The zero-order chi connectivity index (χ0) is 25.8. The number of carbonyl (C=O) groups is 3. The lowest BCUT2D eigenvalue weighted by Crippen LogP contribution is -2.56. The van der Waals surface area contributed by atoms with Crippen molar-refractivity contribution in [1.29, 1.82) is 0 Å². The number of fused-ring (bicyclic) bond motifs is 1. The summed E-state index contributed by atoms with van der Waals surface area (Å²) < 4.78 is 6.89. The molecule has 0 radical (unpaired) electrons. The number of primary amides is 1. The summed E-state index contributed by atoms with van der Waals surface area (Å²) in [6.45, 7) is 3.72. The average molecular weight is 550 g/mol. The predicted octanol–water partition coefficient (Wildman–Crippen LogP) is 4.47. The number of nitrogens with two attached hydrogens (primary N) is 1. The van der Waals surface area contributed by atoms with E-state index in [1.54, 1.807) is 42.5 Å². The van der Waals surface area contributed by atoms with Gasteiger partial charge in [0.15, 0.2) is 6.10 Å². The molecule has 0 bridgehead atoms. The number of halogens is 1. The smallest absolute Gasteiger partial charge is 0.265 e. The number of benzene rings is 3. The SMILES string of the molecule is CC(C)C1Oc2ccc(Br)cc2C(C(=O)Nc2ccccc2)N(C(Cc2ccccc2)C(N)=O)C1=O. The number of hydrogen-bond acceptors (Lipinski definition) is 4. The highest BCUT2D eigenvalue weighted by Gasteiger charge is 2.46. The van der Waals surface area contributed by atoms with Crippen LogP contribution in [0, 0.1) is 5.92 Å². The lowest BCUT2D eigenvalue weighted by Gasteiger charge is -2.36. The maximum Gasteiger partial charge on any atom is 0.265 e. The summed E-state index contributed by atoms with van der Waals surface area (Å²) in [6.07, 6.45) is -0.748. The number of para-hydroxylation sites is 1. The van der Waals surface area contributed by atoms with Crippen molar-refractivity contribution in [3.63, 3.8) is 0 Å². The molecule has 0 aliphatic carbocycles. The zero-order valence-electron chi connectivity index (χ0n) is 20.1. The van der Waals surface area contributed by atoms with Crippen LogP contribution >= 0.6 is 15.9 Å². The number of anilines is 1. The second-order valence-electron chi connectivity index (χ2n) is 9.08. The van der Waals surface area contributed by atoms with E-state index in [0.717, 1.165) is 5.56 Å². The van der Waals surface area contributed by atoms with Gasteiger partial charge in [-0.1, -0.05) is 78.3 Å². The molecule has 0 spiro atoms. The minimum atomic E-state index is -1.16. The number of rotatable bonds is 7. The van der Waals surface area contributed by atoms with Gasteiger partial charge in [0, 0.05) is 22.1 Å². The molecule has 1 aliphatic heterocycles. The second-order valence-corrected chi connectivity index (χ2v) is 9.99. The van der Waals surface area contributed by atoms with Crippen LogP contribution in [0.4, 0.5) is 5.69 Å².